The molecule has 0 bridgehead atoms. The summed E-state index contributed by atoms with van der Waals surface area (Å²) in [7, 11) is 0. The molecule has 0 radical (unpaired) electrons. The molecule has 0 aromatic heterocycles. The second kappa shape index (κ2) is 4.66. The Morgan fingerprint density at radius 1 is 1.38 bits per heavy atom. The van der Waals surface area contributed by atoms with E-state index in [4.69, 9.17) is 0 Å². The van der Waals surface area contributed by atoms with Crippen LogP contribution >= 0.6 is 0 Å². The molecule has 2 rings (SSSR count). The summed E-state index contributed by atoms with van der Waals surface area (Å²) >= 11 is 0. The van der Waals surface area contributed by atoms with Crippen molar-refractivity contribution in [2.45, 2.75) is 71.0 Å². The van der Waals surface area contributed by atoms with E-state index in [9.17, 15) is 0 Å². The molecule has 16 heavy (non-hydrogen) atoms. The predicted octanol–water partition coefficient (Wildman–Crippen LogP) is 2.64. The average molecular weight is 224 g/mol. The number of hydrogen-bond donors (Lipinski definition) is 1. The van der Waals surface area contributed by atoms with E-state index in [0.717, 1.165) is 18.0 Å². The molecule has 1 aliphatic carbocycles. The van der Waals surface area contributed by atoms with Gasteiger partial charge in [-0.1, -0.05) is 27.2 Å². The zero-order valence-corrected chi connectivity index (χ0v) is 11.4. The fourth-order valence-corrected chi connectivity index (χ4v) is 3.02. The first-order valence-electron chi connectivity index (χ1n) is 7.06. The van der Waals surface area contributed by atoms with Gasteiger partial charge in [-0.3, -0.25) is 4.90 Å². The third-order valence-corrected chi connectivity index (χ3v) is 4.79. The van der Waals surface area contributed by atoms with E-state index in [2.05, 4.69) is 37.9 Å². The summed E-state index contributed by atoms with van der Waals surface area (Å²) in [6.45, 7) is 11.9. The van der Waals surface area contributed by atoms with Gasteiger partial charge in [-0.25, -0.2) is 0 Å². The van der Waals surface area contributed by atoms with E-state index < -0.39 is 0 Å². The molecule has 1 heterocycles. The summed E-state index contributed by atoms with van der Waals surface area (Å²) in [5, 5.41) is 3.77. The van der Waals surface area contributed by atoms with Crippen molar-refractivity contribution in [3.8, 4) is 0 Å². The summed E-state index contributed by atoms with van der Waals surface area (Å²) in [6, 6.07) is 1.64. The van der Waals surface area contributed by atoms with E-state index >= 15 is 0 Å². The van der Waals surface area contributed by atoms with E-state index in [1.807, 2.05) is 0 Å². The zero-order valence-electron chi connectivity index (χ0n) is 11.4. The molecule has 2 aliphatic rings. The highest BCUT2D eigenvalue weighted by molar-refractivity contribution is 4.99. The molecule has 2 unspecified atom stereocenters. The van der Waals surface area contributed by atoms with Crippen molar-refractivity contribution in [1.29, 1.82) is 0 Å². The van der Waals surface area contributed by atoms with Crippen LogP contribution in [0.15, 0.2) is 0 Å². The van der Waals surface area contributed by atoms with Gasteiger partial charge in [-0.05, 0) is 32.1 Å². The average Bonchev–Trinajstić information content (AvgIpc) is 2.15. The Hall–Kier alpha value is -0.0800. The summed E-state index contributed by atoms with van der Waals surface area (Å²) < 4.78 is 0. The van der Waals surface area contributed by atoms with Gasteiger partial charge in [0.05, 0.1) is 0 Å². The van der Waals surface area contributed by atoms with Gasteiger partial charge in [0.25, 0.3) is 0 Å². The normalized spacial score (nSPS) is 37.7. The number of hydrogen-bond acceptors (Lipinski definition) is 2. The Morgan fingerprint density at radius 3 is 2.50 bits per heavy atom. The molecular formula is C14H28N2. The van der Waals surface area contributed by atoms with Crippen LogP contribution in [0.2, 0.25) is 0 Å². The highest BCUT2D eigenvalue weighted by Gasteiger charge is 2.40. The molecule has 1 saturated carbocycles. The Bertz CT molecular complexity index is 235. The minimum absolute atomic E-state index is 0.348. The molecule has 2 nitrogen and oxygen atoms in total. The first kappa shape index (κ1) is 12.4. The minimum atomic E-state index is 0.348. The van der Waals surface area contributed by atoms with Gasteiger partial charge >= 0.3 is 0 Å². The van der Waals surface area contributed by atoms with Crippen molar-refractivity contribution in [1.82, 2.24) is 10.2 Å². The Morgan fingerprint density at radius 2 is 2.06 bits per heavy atom. The van der Waals surface area contributed by atoms with Gasteiger partial charge in [-0.2, -0.15) is 0 Å². The molecule has 2 atom stereocenters. The van der Waals surface area contributed by atoms with Crippen LogP contribution in [-0.4, -0.2) is 35.6 Å². The van der Waals surface area contributed by atoms with Crippen LogP contribution in [0.1, 0.15) is 53.4 Å². The Kier molecular flexibility index (Phi) is 3.60. The lowest BCUT2D eigenvalue weighted by Crippen LogP contribution is -2.66. The van der Waals surface area contributed by atoms with Crippen molar-refractivity contribution < 1.29 is 0 Å². The third kappa shape index (κ3) is 2.28. The topological polar surface area (TPSA) is 15.3 Å². The van der Waals surface area contributed by atoms with Crippen molar-refractivity contribution in [2.75, 3.05) is 13.1 Å². The fourth-order valence-electron chi connectivity index (χ4n) is 3.02. The van der Waals surface area contributed by atoms with E-state index in [1.54, 1.807) is 0 Å². The fraction of sp³-hybridized carbons (Fsp3) is 1.00. The summed E-state index contributed by atoms with van der Waals surface area (Å²) in [4.78, 5) is 2.81. The van der Waals surface area contributed by atoms with Crippen LogP contribution in [-0.2, 0) is 0 Å². The van der Waals surface area contributed by atoms with Crippen LogP contribution in [0.4, 0.5) is 0 Å². The van der Waals surface area contributed by atoms with Crippen LogP contribution in [0, 0.1) is 5.92 Å². The Labute approximate surface area is 101 Å². The van der Waals surface area contributed by atoms with Crippen LogP contribution < -0.4 is 5.32 Å². The molecule has 0 aromatic rings. The quantitative estimate of drug-likeness (QED) is 0.793. The summed E-state index contributed by atoms with van der Waals surface area (Å²) in [5.74, 6) is 0.773. The second-order valence-electron chi connectivity index (χ2n) is 6.36. The maximum absolute atomic E-state index is 3.77. The van der Waals surface area contributed by atoms with Crippen molar-refractivity contribution >= 4 is 0 Å². The molecular weight excluding hydrogens is 196 g/mol. The maximum Gasteiger partial charge on any atom is 0.0278 e. The van der Waals surface area contributed by atoms with Gasteiger partial charge in [0.2, 0.25) is 0 Å². The van der Waals surface area contributed by atoms with E-state index in [0.29, 0.717) is 5.54 Å². The molecule has 0 spiro atoms. The van der Waals surface area contributed by atoms with Gasteiger partial charge in [0.15, 0.2) is 0 Å². The number of rotatable bonds is 3. The molecule has 94 valence electrons. The molecule has 1 saturated heterocycles. The second-order valence-corrected chi connectivity index (χ2v) is 6.36. The standard InChI is InChI=1S/C14H28N2/c1-5-14(4)10-16(12-7-6-8-12)13(9-15-14)11(2)3/h11-13,15H,5-10H2,1-4H3. The first-order valence-corrected chi connectivity index (χ1v) is 7.06. The van der Waals surface area contributed by atoms with Gasteiger partial charge in [0.1, 0.15) is 0 Å². The highest BCUT2D eigenvalue weighted by Crippen LogP contribution is 2.32. The lowest BCUT2D eigenvalue weighted by Gasteiger charge is -2.52. The van der Waals surface area contributed by atoms with Crippen molar-refractivity contribution in [3.05, 3.63) is 0 Å². The van der Waals surface area contributed by atoms with Gasteiger partial charge < -0.3 is 5.32 Å². The van der Waals surface area contributed by atoms with Crippen LogP contribution in [0.5, 0.6) is 0 Å². The number of nitrogens with zero attached hydrogens (tertiary/aromatic N) is 1. The van der Waals surface area contributed by atoms with Gasteiger partial charge in [-0.15, -0.1) is 0 Å². The number of piperazine rings is 1. The van der Waals surface area contributed by atoms with Crippen LogP contribution in [0.3, 0.4) is 0 Å². The molecule has 1 aliphatic heterocycles. The SMILES string of the molecule is CCC1(C)CN(C2CCC2)C(C(C)C)CN1. The smallest absolute Gasteiger partial charge is 0.0278 e. The summed E-state index contributed by atoms with van der Waals surface area (Å²) in [5.41, 5.74) is 0.348. The lowest BCUT2D eigenvalue weighted by atomic mass is 9.83. The van der Waals surface area contributed by atoms with Crippen molar-refractivity contribution in [2.24, 2.45) is 5.92 Å². The zero-order chi connectivity index (χ0) is 11.8. The van der Waals surface area contributed by atoms with Crippen LogP contribution in [0.25, 0.3) is 0 Å². The number of nitrogens with one attached hydrogen (secondary N) is 1. The van der Waals surface area contributed by atoms with E-state index in [1.165, 1.54) is 38.8 Å². The van der Waals surface area contributed by atoms with E-state index in [-0.39, 0.29) is 0 Å². The van der Waals surface area contributed by atoms with Gasteiger partial charge in [0, 0.05) is 30.7 Å². The first-order chi connectivity index (χ1) is 7.56. The molecule has 2 heteroatoms. The Balaban J connectivity index is 2.06. The summed E-state index contributed by atoms with van der Waals surface area (Å²) in [6.07, 6.45) is 5.55. The third-order valence-electron chi connectivity index (χ3n) is 4.79. The largest absolute Gasteiger partial charge is 0.309 e. The highest BCUT2D eigenvalue weighted by atomic mass is 15.3. The predicted molar refractivity (Wildman–Crippen MR) is 69.7 cm³/mol. The lowest BCUT2D eigenvalue weighted by molar-refractivity contribution is -0.00286. The van der Waals surface area contributed by atoms with Crippen molar-refractivity contribution in [3.63, 3.8) is 0 Å². The molecule has 1 N–H and O–H groups in total. The minimum Gasteiger partial charge on any atom is -0.309 e. The molecule has 0 amide bonds. The maximum atomic E-state index is 3.77. The molecule has 2 fully saturated rings. The molecule has 0 aromatic carbocycles. The monoisotopic (exact) mass is 224 g/mol.